The van der Waals surface area contributed by atoms with Crippen LogP contribution < -0.4 is 15.5 Å². The number of carbonyl (C=O) groups is 2. The van der Waals surface area contributed by atoms with Gasteiger partial charge in [-0.3, -0.25) is 14.5 Å². The van der Waals surface area contributed by atoms with Gasteiger partial charge in [-0.25, -0.2) is 8.78 Å². The number of benzene rings is 2. The van der Waals surface area contributed by atoms with Crippen molar-refractivity contribution in [2.24, 2.45) is 5.92 Å². The Labute approximate surface area is 223 Å². The number of anilines is 2. The van der Waals surface area contributed by atoms with Crippen molar-refractivity contribution >= 4 is 34.8 Å². The van der Waals surface area contributed by atoms with E-state index >= 15 is 0 Å². The minimum absolute atomic E-state index is 0.0996. The fourth-order valence-corrected chi connectivity index (χ4v) is 4.37. The summed E-state index contributed by atoms with van der Waals surface area (Å²) in [6, 6.07) is 6.84. The van der Waals surface area contributed by atoms with Crippen LogP contribution in [0.3, 0.4) is 0 Å². The van der Waals surface area contributed by atoms with Gasteiger partial charge in [0.05, 0.1) is 23.4 Å². The smallest absolute Gasteiger partial charge is 0.365 e. The van der Waals surface area contributed by atoms with E-state index in [0.29, 0.717) is 36.0 Å². The van der Waals surface area contributed by atoms with E-state index in [1.54, 1.807) is 24.8 Å². The summed E-state index contributed by atoms with van der Waals surface area (Å²) in [5.41, 5.74) is 0.190. The van der Waals surface area contributed by atoms with E-state index in [2.05, 4.69) is 10.6 Å². The predicted molar refractivity (Wildman–Crippen MR) is 136 cm³/mol. The number of halogens is 6. The van der Waals surface area contributed by atoms with Crippen LogP contribution in [-0.4, -0.2) is 55.1 Å². The summed E-state index contributed by atoms with van der Waals surface area (Å²) in [5.74, 6) is -4.12. The maximum absolute atomic E-state index is 14.8. The van der Waals surface area contributed by atoms with Crippen LogP contribution in [-0.2, 0) is 11.3 Å². The van der Waals surface area contributed by atoms with Crippen molar-refractivity contribution in [3.63, 3.8) is 0 Å². The van der Waals surface area contributed by atoms with Crippen LogP contribution >= 0.6 is 11.6 Å². The zero-order valence-corrected chi connectivity index (χ0v) is 22.0. The maximum Gasteiger partial charge on any atom is 0.390 e. The van der Waals surface area contributed by atoms with Crippen LogP contribution in [0.5, 0.6) is 0 Å². The second-order valence-corrected chi connectivity index (χ2v) is 10.0. The standard InChI is InChI=1S/C26H30ClF5N4O2/c1-15(2)24(37)33-13-17-4-6-19(23(29)22(17)28)25(38)34-20-7-5-18(27)12-21(20)36-11-10-35(14-16(36)3)9-8-26(30,31)32/h4-7,12,15-16H,8-11,13-14H2,1-3H3,(H,33,37)(H,34,38)/t16-/m1/s1. The number of hydrogen-bond acceptors (Lipinski definition) is 4. The number of rotatable bonds is 8. The van der Waals surface area contributed by atoms with Gasteiger partial charge in [-0.05, 0) is 31.2 Å². The van der Waals surface area contributed by atoms with E-state index in [4.69, 9.17) is 11.6 Å². The molecular formula is C26H30ClF5N4O2. The van der Waals surface area contributed by atoms with Crippen molar-refractivity contribution in [3.8, 4) is 0 Å². The molecule has 6 nitrogen and oxygen atoms in total. The minimum Gasteiger partial charge on any atom is -0.365 e. The van der Waals surface area contributed by atoms with E-state index in [0.717, 1.165) is 6.07 Å². The highest BCUT2D eigenvalue weighted by molar-refractivity contribution is 6.31. The van der Waals surface area contributed by atoms with Crippen molar-refractivity contribution < 1.29 is 31.5 Å². The SMILES string of the molecule is CC(C)C(=O)NCc1ccc(C(=O)Nc2ccc(Cl)cc2N2CCN(CCC(F)(F)F)C[C@H]2C)c(F)c1F. The van der Waals surface area contributed by atoms with Gasteiger partial charge in [0.15, 0.2) is 11.6 Å². The lowest BCUT2D eigenvalue weighted by atomic mass is 10.1. The first-order valence-electron chi connectivity index (χ1n) is 12.2. The molecule has 2 aromatic rings. The molecule has 1 aliphatic heterocycles. The first-order valence-corrected chi connectivity index (χ1v) is 12.6. The Hall–Kier alpha value is -2.92. The molecule has 1 saturated heterocycles. The number of nitrogens with zero attached hydrogens (tertiary/aromatic N) is 2. The fraction of sp³-hybridized carbons (Fsp3) is 0.462. The van der Waals surface area contributed by atoms with Crippen LogP contribution in [0.2, 0.25) is 5.02 Å². The molecule has 0 aliphatic carbocycles. The molecule has 0 spiro atoms. The van der Waals surface area contributed by atoms with E-state index in [9.17, 15) is 31.5 Å². The van der Waals surface area contributed by atoms with Crippen LogP contribution in [0, 0.1) is 17.6 Å². The van der Waals surface area contributed by atoms with Crippen molar-refractivity contribution in [1.29, 1.82) is 0 Å². The van der Waals surface area contributed by atoms with Crippen molar-refractivity contribution in [2.75, 3.05) is 36.4 Å². The number of hydrogen-bond donors (Lipinski definition) is 2. The Bertz CT molecular complexity index is 1180. The number of carbonyl (C=O) groups excluding carboxylic acids is 2. The molecule has 0 aromatic heterocycles. The number of piperazine rings is 1. The van der Waals surface area contributed by atoms with Gasteiger partial charge in [0.2, 0.25) is 5.91 Å². The summed E-state index contributed by atoms with van der Waals surface area (Å²) in [6.07, 6.45) is -5.14. The van der Waals surface area contributed by atoms with Gasteiger partial charge in [-0.2, -0.15) is 13.2 Å². The Morgan fingerprint density at radius 1 is 1.11 bits per heavy atom. The first-order chi connectivity index (χ1) is 17.8. The molecule has 208 valence electrons. The molecule has 0 bridgehead atoms. The lowest BCUT2D eigenvalue weighted by molar-refractivity contribution is -0.138. The van der Waals surface area contributed by atoms with Crippen LogP contribution in [0.4, 0.5) is 33.3 Å². The Morgan fingerprint density at radius 2 is 1.82 bits per heavy atom. The van der Waals surface area contributed by atoms with E-state index in [1.165, 1.54) is 18.2 Å². The molecule has 0 saturated carbocycles. The number of amides is 2. The van der Waals surface area contributed by atoms with E-state index in [-0.39, 0.29) is 36.5 Å². The van der Waals surface area contributed by atoms with Crippen molar-refractivity contribution in [2.45, 2.75) is 46.0 Å². The van der Waals surface area contributed by atoms with Crippen molar-refractivity contribution in [3.05, 3.63) is 58.1 Å². The maximum atomic E-state index is 14.8. The third kappa shape index (κ3) is 7.57. The van der Waals surface area contributed by atoms with Gasteiger partial charge < -0.3 is 15.5 Å². The normalized spacial score (nSPS) is 16.6. The molecule has 0 unspecified atom stereocenters. The Morgan fingerprint density at radius 3 is 2.45 bits per heavy atom. The van der Waals surface area contributed by atoms with Gasteiger partial charge in [0.1, 0.15) is 0 Å². The molecule has 38 heavy (non-hydrogen) atoms. The first kappa shape index (κ1) is 29.6. The van der Waals surface area contributed by atoms with Gasteiger partial charge in [0.25, 0.3) is 5.91 Å². The molecule has 2 amide bonds. The molecule has 1 aliphatic rings. The zero-order valence-electron chi connectivity index (χ0n) is 21.3. The minimum atomic E-state index is -4.24. The van der Waals surface area contributed by atoms with Gasteiger partial charge in [0, 0.05) is 55.3 Å². The second kappa shape index (κ2) is 12.3. The lowest BCUT2D eigenvalue weighted by Crippen LogP contribution is -2.52. The average Bonchev–Trinajstić information content (AvgIpc) is 2.84. The monoisotopic (exact) mass is 560 g/mol. The Kier molecular flexibility index (Phi) is 9.59. The summed E-state index contributed by atoms with van der Waals surface area (Å²) >= 11 is 6.19. The lowest BCUT2D eigenvalue weighted by Gasteiger charge is -2.42. The summed E-state index contributed by atoms with van der Waals surface area (Å²) in [4.78, 5) is 28.3. The topological polar surface area (TPSA) is 64.7 Å². The summed E-state index contributed by atoms with van der Waals surface area (Å²) in [5, 5.41) is 5.48. The predicted octanol–water partition coefficient (Wildman–Crippen LogP) is 5.61. The quantitative estimate of drug-likeness (QED) is 0.412. The third-order valence-electron chi connectivity index (χ3n) is 6.32. The highest BCUT2D eigenvalue weighted by atomic mass is 35.5. The second-order valence-electron chi connectivity index (χ2n) is 9.60. The van der Waals surface area contributed by atoms with Crippen molar-refractivity contribution in [1.82, 2.24) is 10.2 Å². The van der Waals surface area contributed by atoms with Gasteiger partial charge >= 0.3 is 6.18 Å². The average molecular weight is 561 g/mol. The molecule has 0 radical (unpaired) electrons. The third-order valence-corrected chi connectivity index (χ3v) is 6.56. The summed E-state index contributed by atoms with van der Waals surface area (Å²) in [7, 11) is 0. The Balaban J connectivity index is 1.75. The summed E-state index contributed by atoms with van der Waals surface area (Å²) in [6.45, 7) is 5.96. The van der Waals surface area contributed by atoms with Crippen LogP contribution in [0.15, 0.2) is 30.3 Å². The summed E-state index contributed by atoms with van der Waals surface area (Å²) < 4.78 is 67.3. The number of alkyl halides is 3. The molecule has 2 aromatic carbocycles. The highest BCUT2D eigenvalue weighted by Gasteiger charge is 2.31. The van der Waals surface area contributed by atoms with Gasteiger partial charge in [-0.15, -0.1) is 0 Å². The number of nitrogens with one attached hydrogen (secondary N) is 2. The van der Waals surface area contributed by atoms with Crippen LogP contribution in [0.1, 0.15) is 43.1 Å². The molecule has 1 heterocycles. The van der Waals surface area contributed by atoms with Gasteiger partial charge in [-0.1, -0.05) is 31.5 Å². The molecule has 3 rings (SSSR count). The zero-order chi connectivity index (χ0) is 28.2. The van der Waals surface area contributed by atoms with E-state index in [1.807, 2.05) is 11.8 Å². The molecule has 1 fully saturated rings. The molecule has 1 atom stereocenters. The molecule has 12 heteroatoms. The fourth-order valence-electron chi connectivity index (χ4n) is 4.20. The highest BCUT2D eigenvalue weighted by Crippen LogP contribution is 2.33. The largest absolute Gasteiger partial charge is 0.390 e. The van der Waals surface area contributed by atoms with Crippen LogP contribution in [0.25, 0.3) is 0 Å². The van der Waals surface area contributed by atoms with E-state index < -0.39 is 35.7 Å². The molecular weight excluding hydrogens is 531 g/mol. The molecule has 2 N–H and O–H groups in total.